The highest BCUT2D eigenvalue weighted by atomic mass is 16.5. The Hall–Kier alpha value is -2.35. The van der Waals surface area contributed by atoms with Crippen LogP contribution in [0.2, 0.25) is 0 Å². The van der Waals surface area contributed by atoms with E-state index in [0.29, 0.717) is 0 Å². The van der Waals surface area contributed by atoms with Gasteiger partial charge < -0.3 is 4.74 Å². The van der Waals surface area contributed by atoms with E-state index < -0.39 is 0 Å². The van der Waals surface area contributed by atoms with E-state index in [1.54, 1.807) is 13.3 Å². The number of nitrogens with zero attached hydrogens (tertiary/aromatic N) is 1. The quantitative estimate of drug-likeness (QED) is 0.472. The molecule has 0 saturated carbocycles. The molecule has 0 aliphatic rings. The van der Waals surface area contributed by atoms with Crippen LogP contribution in [0.3, 0.4) is 0 Å². The number of pyridine rings is 1. The maximum atomic E-state index is 5.55. The van der Waals surface area contributed by atoms with Gasteiger partial charge in [0.1, 0.15) is 5.76 Å². The van der Waals surface area contributed by atoms with Crippen molar-refractivity contribution in [2.24, 2.45) is 0 Å². The topological polar surface area (TPSA) is 22.1 Å². The largest absolute Gasteiger partial charge is 0.496 e. The van der Waals surface area contributed by atoms with Gasteiger partial charge in [0.25, 0.3) is 0 Å². The molecule has 0 fully saturated rings. The number of ether oxygens (including phenoxy) is 1. The van der Waals surface area contributed by atoms with Gasteiger partial charge in [-0.15, -0.1) is 0 Å². The van der Waals surface area contributed by atoms with Gasteiger partial charge in [0.15, 0.2) is 0 Å². The third-order valence-electron chi connectivity index (χ3n) is 4.10. The van der Waals surface area contributed by atoms with E-state index in [4.69, 9.17) is 4.74 Å². The fourth-order valence-electron chi connectivity index (χ4n) is 2.69. The number of allylic oxidation sites excluding steroid dienone is 2. The zero-order chi connectivity index (χ0) is 17.4. The first-order chi connectivity index (χ1) is 11.6. The SMILES string of the molecule is C=C(/C=C(\OC)c1cccnc1C)Cc1ccc(CCCC)cc1. The highest BCUT2D eigenvalue weighted by molar-refractivity contribution is 5.64. The van der Waals surface area contributed by atoms with Gasteiger partial charge in [0.2, 0.25) is 0 Å². The molecule has 0 aliphatic heterocycles. The minimum Gasteiger partial charge on any atom is -0.496 e. The average Bonchev–Trinajstić information content (AvgIpc) is 2.60. The molecule has 0 spiro atoms. The Morgan fingerprint density at radius 2 is 1.88 bits per heavy atom. The second kappa shape index (κ2) is 9.07. The molecule has 0 aliphatic carbocycles. The second-order valence-electron chi connectivity index (χ2n) is 6.10. The third-order valence-corrected chi connectivity index (χ3v) is 4.10. The summed E-state index contributed by atoms with van der Waals surface area (Å²) in [7, 11) is 1.69. The monoisotopic (exact) mass is 321 g/mol. The molecule has 2 heteroatoms. The molecule has 2 rings (SSSR count). The molecule has 0 saturated heterocycles. The maximum absolute atomic E-state index is 5.55. The van der Waals surface area contributed by atoms with E-state index in [1.807, 2.05) is 25.1 Å². The molecule has 1 aromatic carbocycles. The zero-order valence-electron chi connectivity index (χ0n) is 15.0. The number of aryl methyl sites for hydroxylation is 2. The molecule has 24 heavy (non-hydrogen) atoms. The summed E-state index contributed by atoms with van der Waals surface area (Å²) in [5.74, 6) is 0.810. The van der Waals surface area contributed by atoms with Crippen molar-refractivity contribution in [1.29, 1.82) is 0 Å². The van der Waals surface area contributed by atoms with Gasteiger partial charge in [0, 0.05) is 17.5 Å². The summed E-state index contributed by atoms with van der Waals surface area (Å²) in [4.78, 5) is 4.32. The predicted octanol–water partition coefficient (Wildman–Crippen LogP) is 5.52. The van der Waals surface area contributed by atoms with Gasteiger partial charge in [-0.25, -0.2) is 0 Å². The van der Waals surface area contributed by atoms with Gasteiger partial charge in [-0.3, -0.25) is 4.98 Å². The van der Waals surface area contributed by atoms with Gasteiger partial charge in [-0.1, -0.05) is 44.2 Å². The third kappa shape index (κ3) is 5.09. The lowest BCUT2D eigenvalue weighted by molar-refractivity contribution is 0.369. The summed E-state index contributed by atoms with van der Waals surface area (Å²) in [5.41, 5.74) is 5.67. The lowest BCUT2D eigenvalue weighted by Gasteiger charge is -2.10. The van der Waals surface area contributed by atoms with E-state index in [9.17, 15) is 0 Å². The Labute approximate surface area is 145 Å². The second-order valence-corrected chi connectivity index (χ2v) is 6.10. The van der Waals surface area contributed by atoms with Gasteiger partial charge in [-0.05, 0) is 61.1 Å². The summed E-state index contributed by atoms with van der Waals surface area (Å²) in [6.45, 7) is 8.40. The van der Waals surface area contributed by atoms with Crippen LogP contribution in [0.5, 0.6) is 0 Å². The summed E-state index contributed by atoms with van der Waals surface area (Å²) in [5, 5.41) is 0. The molecule has 0 N–H and O–H groups in total. The Balaban J connectivity index is 2.07. The number of rotatable bonds is 8. The zero-order valence-corrected chi connectivity index (χ0v) is 15.0. The van der Waals surface area contributed by atoms with Crippen LogP contribution in [-0.4, -0.2) is 12.1 Å². The molecular weight excluding hydrogens is 294 g/mol. The van der Waals surface area contributed by atoms with Gasteiger partial charge >= 0.3 is 0 Å². The summed E-state index contributed by atoms with van der Waals surface area (Å²) < 4.78 is 5.55. The van der Waals surface area contributed by atoms with Crippen molar-refractivity contribution >= 4 is 5.76 Å². The Kier molecular flexibility index (Phi) is 6.80. The standard InChI is InChI=1S/C22H27NO/c1-5-6-8-19-10-12-20(13-11-19)15-17(2)16-22(24-4)21-9-7-14-23-18(21)3/h7,9-14,16H,2,5-6,8,15H2,1,3-4H3/b22-16-. The molecule has 0 unspecified atom stereocenters. The molecule has 0 atom stereocenters. The fraction of sp³-hybridized carbons (Fsp3) is 0.318. The molecule has 2 nitrogen and oxygen atoms in total. The van der Waals surface area contributed by atoms with Crippen LogP contribution in [0.4, 0.5) is 0 Å². The van der Waals surface area contributed by atoms with Crippen molar-refractivity contribution in [2.75, 3.05) is 7.11 Å². The highest BCUT2D eigenvalue weighted by Crippen LogP contribution is 2.21. The summed E-state index contributed by atoms with van der Waals surface area (Å²) >= 11 is 0. The molecular formula is C22H27NO. The Bertz CT molecular complexity index is 698. The van der Waals surface area contributed by atoms with Crippen molar-refractivity contribution < 1.29 is 4.74 Å². The number of benzene rings is 1. The van der Waals surface area contributed by atoms with Crippen LogP contribution in [0, 0.1) is 6.92 Å². The van der Waals surface area contributed by atoms with Crippen molar-refractivity contribution in [2.45, 2.75) is 39.5 Å². The number of unbranched alkanes of at least 4 members (excludes halogenated alkanes) is 1. The highest BCUT2D eigenvalue weighted by Gasteiger charge is 2.06. The summed E-state index contributed by atoms with van der Waals surface area (Å²) in [6.07, 6.45) is 8.26. The minimum absolute atomic E-state index is 0.810. The van der Waals surface area contributed by atoms with Crippen molar-refractivity contribution in [1.82, 2.24) is 4.98 Å². The van der Waals surface area contributed by atoms with Gasteiger partial charge in [0.05, 0.1) is 7.11 Å². The number of aromatic nitrogens is 1. The number of hydrogen-bond donors (Lipinski definition) is 0. The van der Waals surface area contributed by atoms with E-state index in [-0.39, 0.29) is 0 Å². The molecule has 1 heterocycles. The van der Waals surface area contributed by atoms with Crippen LogP contribution in [-0.2, 0) is 17.6 Å². The molecule has 0 radical (unpaired) electrons. The van der Waals surface area contributed by atoms with E-state index >= 15 is 0 Å². The Morgan fingerprint density at radius 3 is 2.50 bits per heavy atom. The first-order valence-corrected chi connectivity index (χ1v) is 8.57. The van der Waals surface area contributed by atoms with E-state index in [0.717, 1.165) is 35.4 Å². The number of methoxy groups -OCH3 is 1. The minimum atomic E-state index is 0.810. The molecule has 1 aromatic heterocycles. The molecule has 126 valence electrons. The first-order valence-electron chi connectivity index (χ1n) is 8.57. The van der Waals surface area contributed by atoms with Gasteiger partial charge in [-0.2, -0.15) is 0 Å². The number of hydrogen-bond acceptors (Lipinski definition) is 2. The van der Waals surface area contributed by atoms with E-state index in [1.165, 1.54) is 24.0 Å². The maximum Gasteiger partial charge on any atom is 0.128 e. The molecule has 0 bridgehead atoms. The predicted molar refractivity (Wildman–Crippen MR) is 102 cm³/mol. The average molecular weight is 321 g/mol. The van der Waals surface area contributed by atoms with Crippen molar-refractivity contribution in [3.05, 3.63) is 83.2 Å². The molecule has 2 aromatic rings. The lowest BCUT2D eigenvalue weighted by atomic mass is 10.0. The smallest absolute Gasteiger partial charge is 0.128 e. The normalized spacial score (nSPS) is 11.4. The van der Waals surface area contributed by atoms with Crippen LogP contribution in [0.15, 0.2) is 60.8 Å². The Morgan fingerprint density at radius 1 is 1.17 bits per heavy atom. The molecule has 0 amide bonds. The fourth-order valence-corrected chi connectivity index (χ4v) is 2.69. The first kappa shape index (κ1) is 18.0. The van der Waals surface area contributed by atoms with Crippen molar-refractivity contribution in [3.63, 3.8) is 0 Å². The van der Waals surface area contributed by atoms with Crippen molar-refractivity contribution in [3.8, 4) is 0 Å². The summed E-state index contributed by atoms with van der Waals surface area (Å²) in [6, 6.07) is 12.8. The van der Waals surface area contributed by atoms with E-state index in [2.05, 4.69) is 42.8 Å². The lowest BCUT2D eigenvalue weighted by Crippen LogP contribution is -1.96. The van der Waals surface area contributed by atoms with Crippen LogP contribution >= 0.6 is 0 Å². The van der Waals surface area contributed by atoms with Crippen LogP contribution in [0.25, 0.3) is 5.76 Å². The van der Waals surface area contributed by atoms with Crippen LogP contribution < -0.4 is 0 Å². The van der Waals surface area contributed by atoms with Crippen LogP contribution in [0.1, 0.15) is 42.1 Å².